The second-order valence-corrected chi connectivity index (χ2v) is 4.21. The third kappa shape index (κ3) is 5.15. The van der Waals surface area contributed by atoms with Crippen molar-refractivity contribution >= 4 is 0 Å². The SMILES string of the molecule is CCN(C)CCNCc1cc(OC)cc(C)n1. The monoisotopic (exact) mass is 237 g/mol. The van der Waals surface area contributed by atoms with Gasteiger partial charge in [-0.25, -0.2) is 0 Å². The Morgan fingerprint density at radius 3 is 2.82 bits per heavy atom. The Morgan fingerprint density at radius 2 is 2.18 bits per heavy atom. The summed E-state index contributed by atoms with van der Waals surface area (Å²) in [6.07, 6.45) is 0. The molecule has 0 saturated heterocycles. The van der Waals surface area contributed by atoms with Gasteiger partial charge in [-0.05, 0) is 20.5 Å². The van der Waals surface area contributed by atoms with E-state index < -0.39 is 0 Å². The molecule has 1 rings (SSSR count). The molecule has 17 heavy (non-hydrogen) atoms. The van der Waals surface area contributed by atoms with Crippen LogP contribution in [0.4, 0.5) is 0 Å². The summed E-state index contributed by atoms with van der Waals surface area (Å²) < 4.78 is 5.22. The third-order valence-electron chi connectivity index (χ3n) is 2.73. The molecule has 4 heteroatoms. The van der Waals surface area contributed by atoms with Crippen molar-refractivity contribution in [1.29, 1.82) is 0 Å². The van der Waals surface area contributed by atoms with Crippen LogP contribution in [0.25, 0.3) is 0 Å². The maximum Gasteiger partial charge on any atom is 0.122 e. The molecule has 0 saturated carbocycles. The first-order valence-corrected chi connectivity index (χ1v) is 6.06. The van der Waals surface area contributed by atoms with E-state index in [1.807, 2.05) is 19.1 Å². The Labute approximate surface area is 104 Å². The van der Waals surface area contributed by atoms with Gasteiger partial charge in [-0.15, -0.1) is 0 Å². The van der Waals surface area contributed by atoms with Gasteiger partial charge in [0.05, 0.1) is 12.8 Å². The lowest BCUT2D eigenvalue weighted by molar-refractivity contribution is 0.348. The van der Waals surface area contributed by atoms with Crippen LogP contribution in [-0.2, 0) is 6.54 Å². The number of methoxy groups -OCH3 is 1. The number of nitrogens with one attached hydrogen (secondary N) is 1. The molecule has 1 aromatic heterocycles. The Morgan fingerprint density at radius 1 is 1.41 bits per heavy atom. The van der Waals surface area contributed by atoms with Gasteiger partial charge in [-0.3, -0.25) is 4.98 Å². The van der Waals surface area contributed by atoms with E-state index in [0.29, 0.717) is 0 Å². The molecule has 1 N–H and O–H groups in total. The maximum absolute atomic E-state index is 5.22. The summed E-state index contributed by atoms with van der Waals surface area (Å²) in [6, 6.07) is 3.91. The number of nitrogens with zero attached hydrogens (tertiary/aromatic N) is 2. The van der Waals surface area contributed by atoms with Crippen molar-refractivity contribution < 1.29 is 4.74 Å². The van der Waals surface area contributed by atoms with E-state index in [1.165, 1.54) is 0 Å². The molecular formula is C13H23N3O. The molecule has 0 atom stereocenters. The summed E-state index contributed by atoms with van der Waals surface area (Å²) in [4.78, 5) is 6.74. The van der Waals surface area contributed by atoms with E-state index in [0.717, 1.165) is 43.3 Å². The molecule has 0 amide bonds. The molecule has 4 nitrogen and oxygen atoms in total. The molecular weight excluding hydrogens is 214 g/mol. The maximum atomic E-state index is 5.22. The van der Waals surface area contributed by atoms with Crippen molar-refractivity contribution in [1.82, 2.24) is 15.2 Å². The van der Waals surface area contributed by atoms with Crippen LogP contribution >= 0.6 is 0 Å². The average Bonchev–Trinajstić information content (AvgIpc) is 2.33. The van der Waals surface area contributed by atoms with E-state index in [-0.39, 0.29) is 0 Å². The number of aromatic nitrogens is 1. The smallest absolute Gasteiger partial charge is 0.122 e. The summed E-state index contributed by atoms with van der Waals surface area (Å²) in [5.41, 5.74) is 2.02. The molecule has 1 heterocycles. The standard InChI is InChI=1S/C13H23N3O/c1-5-16(3)7-6-14-10-12-9-13(17-4)8-11(2)15-12/h8-9,14H,5-7,10H2,1-4H3. The lowest BCUT2D eigenvalue weighted by Crippen LogP contribution is -2.29. The summed E-state index contributed by atoms with van der Waals surface area (Å²) in [5, 5.41) is 3.39. The normalized spacial score (nSPS) is 10.9. The van der Waals surface area contributed by atoms with E-state index in [2.05, 4.69) is 29.2 Å². The van der Waals surface area contributed by atoms with E-state index in [1.54, 1.807) is 7.11 Å². The molecule has 0 spiro atoms. The Bertz CT molecular complexity index is 341. The molecule has 0 fully saturated rings. The Hall–Kier alpha value is -1.13. The number of rotatable bonds is 7. The number of ether oxygens (including phenoxy) is 1. The first-order chi connectivity index (χ1) is 8.15. The fraction of sp³-hybridized carbons (Fsp3) is 0.615. The van der Waals surface area contributed by atoms with Gasteiger partial charge >= 0.3 is 0 Å². The van der Waals surface area contributed by atoms with Crippen LogP contribution in [0.1, 0.15) is 18.3 Å². The van der Waals surface area contributed by atoms with Gasteiger partial charge < -0.3 is 15.0 Å². The molecule has 0 radical (unpaired) electrons. The predicted octanol–water partition coefficient (Wildman–Crippen LogP) is 1.44. The van der Waals surface area contributed by atoms with E-state index in [9.17, 15) is 0 Å². The van der Waals surface area contributed by atoms with Crippen LogP contribution in [0.15, 0.2) is 12.1 Å². The molecule has 0 aliphatic heterocycles. The second-order valence-electron chi connectivity index (χ2n) is 4.21. The first-order valence-electron chi connectivity index (χ1n) is 6.06. The number of pyridine rings is 1. The highest BCUT2D eigenvalue weighted by Crippen LogP contribution is 2.12. The second kappa shape index (κ2) is 7.25. The van der Waals surface area contributed by atoms with Crippen molar-refractivity contribution in [3.8, 4) is 5.75 Å². The number of aryl methyl sites for hydroxylation is 1. The minimum Gasteiger partial charge on any atom is -0.497 e. The summed E-state index contributed by atoms with van der Waals surface area (Å²) in [5.74, 6) is 0.875. The zero-order valence-corrected chi connectivity index (χ0v) is 11.3. The third-order valence-corrected chi connectivity index (χ3v) is 2.73. The van der Waals surface area contributed by atoms with Crippen LogP contribution < -0.4 is 10.1 Å². The molecule has 0 aliphatic rings. The minimum absolute atomic E-state index is 0.787. The molecule has 96 valence electrons. The van der Waals surface area contributed by atoms with Crippen molar-refractivity contribution in [2.75, 3.05) is 33.8 Å². The average molecular weight is 237 g/mol. The van der Waals surface area contributed by atoms with Crippen LogP contribution in [0.3, 0.4) is 0 Å². The highest BCUT2D eigenvalue weighted by molar-refractivity contribution is 5.26. The van der Waals surface area contributed by atoms with E-state index >= 15 is 0 Å². The Kier molecular flexibility index (Phi) is 5.94. The number of hydrogen-bond donors (Lipinski definition) is 1. The highest BCUT2D eigenvalue weighted by Gasteiger charge is 2.00. The van der Waals surface area contributed by atoms with Crippen molar-refractivity contribution in [3.63, 3.8) is 0 Å². The lowest BCUT2D eigenvalue weighted by atomic mass is 10.3. The fourth-order valence-corrected chi connectivity index (χ4v) is 1.56. The van der Waals surface area contributed by atoms with Gasteiger partial charge in [0.25, 0.3) is 0 Å². The van der Waals surface area contributed by atoms with Gasteiger partial charge in [0.1, 0.15) is 5.75 Å². The van der Waals surface area contributed by atoms with Crippen LogP contribution in [0.2, 0.25) is 0 Å². The molecule has 0 bridgehead atoms. The van der Waals surface area contributed by atoms with Gasteiger partial charge in [0.15, 0.2) is 0 Å². The molecule has 0 unspecified atom stereocenters. The molecule has 0 aromatic carbocycles. The topological polar surface area (TPSA) is 37.4 Å². The van der Waals surface area contributed by atoms with Crippen molar-refractivity contribution in [2.45, 2.75) is 20.4 Å². The fourth-order valence-electron chi connectivity index (χ4n) is 1.56. The summed E-state index contributed by atoms with van der Waals surface area (Å²) in [7, 11) is 3.80. The molecule has 0 aliphatic carbocycles. The van der Waals surface area contributed by atoms with Gasteiger partial charge in [0.2, 0.25) is 0 Å². The Balaban J connectivity index is 2.38. The largest absolute Gasteiger partial charge is 0.497 e. The number of hydrogen-bond acceptors (Lipinski definition) is 4. The summed E-state index contributed by atoms with van der Waals surface area (Å²) >= 11 is 0. The van der Waals surface area contributed by atoms with Crippen LogP contribution in [0.5, 0.6) is 5.75 Å². The number of likely N-dealkylation sites (N-methyl/N-ethyl adjacent to an activating group) is 1. The highest BCUT2D eigenvalue weighted by atomic mass is 16.5. The van der Waals surface area contributed by atoms with Gasteiger partial charge in [0, 0.05) is 37.5 Å². The minimum atomic E-state index is 0.787. The van der Waals surface area contributed by atoms with Crippen LogP contribution in [-0.4, -0.2) is 43.7 Å². The summed E-state index contributed by atoms with van der Waals surface area (Å²) in [6.45, 7) is 8.04. The predicted molar refractivity (Wildman–Crippen MR) is 70.4 cm³/mol. The zero-order chi connectivity index (χ0) is 12.7. The van der Waals surface area contributed by atoms with Crippen molar-refractivity contribution in [3.05, 3.63) is 23.5 Å². The zero-order valence-electron chi connectivity index (χ0n) is 11.3. The quantitative estimate of drug-likeness (QED) is 0.728. The lowest BCUT2D eigenvalue weighted by Gasteiger charge is -2.14. The molecule has 1 aromatic rings. The van der Waals surface area contributed by atoms with Crippen LogP contribution in [0, 0.1) is 6.92 Å². The van der Waals surface area contributed by atoms with Crippen molar-refractivity contribution in [2.24, 2.45) is 0 Å². The van der Waals surface area contributed by atoms with E-state index in [4.69, 9.17) is 4.74 Å². The van der Waals surface area contributed by atoms with Gasteiger partial charge in [-0.1, -0.05) is 6.92 Å². The van der Waals surface area contributed by atoms with Gasteiger partial charge in [-0.2, -0.15) is 0 Å². The first kappa shape index (κ1) is 13.9.